The van der Waals surface area contributed by atoms with Crippen LogP contribution >= 0.6 is 0 Å². The molecule has 0 N–H and O–H groups in total. The van der Waals surface area contributed by atoms with Crippen LogP contribution in [0, 0.1) is 0 Å². The molecule has 0 fully saturated rings. The quantitative estimate of drug-likeness (QED) is 0.0262. The van der Waals surface area contributed by atoms with E-state index >= 15 is 0 Å². The highest BCUT2D eigenvalue weighted by atomic mass is 16.6. The molecule has 0 bridgehead atoms. The van der Waals surface area contributed by atoms with E-state index in [1.807, 2.05) is 0 Å². The van der Waals surface area contributed by atoms with Crippen LogP contribution in [0.4, 0.5) is 0 Å². The van der Waals surface area contributed by atoms with Crippen molar-refractivity contribution in [2.45, 2.75) is 316 Å². The fourth-order valence-corrected chi connectivity index (χ4v) is 8.58. The summed E-state index contributed by atoms with van der Waals surface area (Å²) in [5.41, 5.74) is 0. The maximum atomic E-state index is 12.8. The molecule has 0 heterocycles. The highest BCUT2D eigenvalue weighted by Crippen LogP contribution is 2.17. The third-order valence-corrected chi connectivity index (χ3v) is 12.9. The van der Waals surface area contributed by atoms with Gasteiger partial charge in [-0.15, -0.1) is 0 Å². The predicted molar refractivity (Wildman–Crippen MR) is 284 cm³/mol. The van der Waals surface area contributed by atoms with Gasteiger partial charge >= 0.3 is 17.9 Å². The number of hydrogen-bond donors (Lipinski definition) is 0. The van der Waals surface area contributed by atoms with Crippen LogP contribution in [-0.2, 0) is 28.6 Å². The average Bonchev–Trinajstić information content (AvgIpc) is 3.31. The average molecular weight is 928 g/mol. The Morgan fingerprint density at radius 3 is 0.924 bits per heavy atom. The van der Waals surface area contributed by atoms with E-state index in [1.165, 1.54) is 186 Å². The van der Waals surface area contributed by atoms with Gasteiger partial charge in [-0.2, -0.15) is 0 Å². The van der Waals surface area contributed by atoms with Crippen LogP contribution in [0.5, 0.6) is 0 Å². The molecule has 0 radical (unpaired) electrons. The van der Waals surface area contributed by atoms with E-state index in [9.17, 15) is 14.4 Å². The highest BCUT2D eigenvalue weighted by molar-refractivity contribution is 5.71. The van der Waals surface area contributed by atoms with Crippen molar-refractivity contribution >= 4 is 17.9 Å². The molecule has 1 unspecified atom stereocenters. The number of ether oxygens (including phenoxy) is 3. The Kier molecular flexibility index (Phi) is 53.2. The Labute approximate surface area is 410 Å². The van der Waals surface area contributed by atoms with E-state index in [-0.39, 0.29) is 31.1 Å². The standard InChI is InChI=1S/C60H110O6/c1-4-7-10-13-16-19-22-25-28-30-31-33-35-38-41-44-47-50-53-59(62)65-56-57(55-64-58(61)52-49-46-43-40-37-34-27-24-21-18-15-12-9-6-3)66-60(63)54-51-48-45-42-39-36-32-29-26-23-20-17-14-11-8-5-2/h8,11,17,20,26,29,57H,4-7,9-10,12-16,18-19,21-25,27-28,30-56H2,1-3H3/b11-8-,20-17-,29-26-. The second-order valence-electron chi connectivity index (χ2n) is 19.5. The van der Waals surface area contributed by atoms with Gasteiger partial charge in [0.05, 0.1) is 0 Å². The van der Waals surface area contributed by atoms with Crippen LogP contribution in [0.1, 0.15) is 310 Å². The Morgan fingerprint density at radius 2 is 0.591 bits per heavy atom. The molecule has 0 saturated carbocycles. The fourth-order valence-electron chi connectivity index (χ4n) is 8.58. The van der Waals surface area contributed by atoms with Crippen molar-refractivity contribution in [1.29, 1.82) is 0 Å². The molecule has 0 rings (SSSR count). The predicted octanol–water partition coefficient (Wildman–Crippen LogP) is 19.3. The van der Waals surface area contributed by atoms with E-state index in [0.29, 0.717) is 19.3 Å². The lowest BCUT2D eigenvalue weighted by Gasteiger charge is -2.18. The van der Waals surface area contributed by atoms with Crippen LogP contribution in [-0.4, -0.2) is 37.2 Å². The van der Waals surface area contributed by atoms with Gasteiger partial charge in [0.2, 0.25) is 0 Å². The summed E-state index contributed by atoms with van der Waals surface area (Å²) in [4.78, 5) is 38.1. The number of rotatable bonds is 53. The van der Waals surface area contributed by atoms with Crippen molar-refractivity contribution in [3.63, 3.8) is 0 Å². The number of esters is 3. The molecule has 0 amide bonds. The summed E-state index contributed by atoms with van der Waals surface area (Å²) >= 11 is 0. The lowest BCUT2D eigenvalue weighted by atomic mass is 10.0. The van der Waals surface area contributed by atoms with Gasteiger partial charge in [0, 0.05) is 19.3 Å². The molecule has 6 heteroatoms. The van der Waals surface area contributed by atoms with E-state index in [1.54, 1.807) is 0 Å². The molecule has 0 aliphatic carbocycles. The summed E-state index contributed by atoms with van der Waals surface area (Å²) in [6.07, 6.45) is 65.6. The highest BCUT2D eigenvalue weighted by Gasteiger charge is 2.19. The topological polar surface area (TPSA) is 78.9 Å². The number of hydrogen-bond acceptors (Lipinski definition) is 6. The first-order valence-corrected chi connectivity index (χ1v) is 29.0. The molecule has 1 atom stereocenters. The molecular weight excluding hydrogens is 817 g/mol. The molecule has 0 aromatic carbocycles. The van der Waals surface area contributed by atoms with Crippen LogP contribution in [0.3, 0.4) is 0 Å². The molecule has 66 heavy (non-hydrogen) atoms. The maximum Gasteiger partial charge on any atom is 0.306 e. The molecule has 0 aliphatic rings. The molecule has 0 aromatic rings. The lowest BCUT2D eigenvalue weighted by molar-refractivity contribution is -0.167. The van der Waals surface area contributed by atoms with Crippen molar-refractivity contribution in [1.82, 2.24) is 0 Å². The van der Waals surface area contributed by atoms with E-state index in [2.05, 4.69) is 57.2 Å². The SMILES string of the molecule is CC/C=C\C/C=C\C/C=C\CCCCCCCCC(=O)OC(COC(=O)CCCCCCCCCCCCCCCC)COC(=O)CCCCCCCCCCCCCCCCCCCC. The van der Waals surface area contributed by atoms with Gasteiger partial charge in [-0.05, 0) is 51.4 Å². The molecule has 6 nitrogen and oxygen atoms in total. The molecule has 0 aliphatic heterocycles. The van der Waals surface area contributed by atoms with Gasteiger partial charge in [0.25, 0.3) is 0 Å². The summed E-state index contributed by atoms with van der Waals surface area (Å²) in [5, 5.41) is 0. The second-order valence-corrected chi connectivity index (χ2v) is 19.5. The first-order valence-electron chi connectivity index (χ1n) is 29.0. The summed E-state index contributed by atoms with van der Waals surface area (Å²) in [6, 6.07) is 0. The Morgan fingerprint density at radius 1 is 0.318 bits per heavy atom. The zero-order chi connectivity index (χ0) is 47.9. The number of carbonyl (C=O) groups is 3. The summed E-state index contributed by atoms with van der Waals surface area (Å²) < 4.78 is 16.9. The first-order chi connectivity index (χ1) is 32.5. The minimum atomic E-state index is -0.775. The Balaban J connectivity index is 4.33. The largest absolute Gasteiger partial charge is 0.462 e. The fraction of sp³-hybridized carbons (Fsp3) is 0.850. The number of unbranched alkanes of at least 4 members (excludes halogenated alkanes) is 36. The minimum Gasteiger partial charge on any atom is -0.462 e. The number of carbonyl (C=O) groups excluding carboxylic acids is 3. The first kappa shape index (κ1) is 63.6. The Bertz CT molecular complexity index is 1110. The van der Waals surface area contributed by atoms with E-state index in [0.717, 1.165) is 83.5 Å². The summed E-state index contributed by atoms with van der Waals surface area (Å²) in [7, 11) is 0. The summed E-state index contributed by atoms with van der Waals surface area (Å²) in [5.74, 6) is -0.866. The monoisotopic (exact) mass is 927 g/mol. The minimum absolute atomic E-state index is 0.0726. The summed E-state index contributed by atoms with van der Waals surface area (Å²) in [6.45, 7) is 6.57. The van der Waals surface area contributed by atoms with Crippen molar-refractivity contribution in [2.75, 3.05) is 13.2 Å². The van der Waals surface area contributed by atoms with Crippen LogP contribution in [0.25, 0.3) is 0 Å². The van der Waals surface area contributed by atoms with E-state index in [4.69, 9.17) is 14.2 Å². The van der Waals surface area contributed by atoms with Gasteiger partial charge in [0.1, 0.15) is 13.2 Å². The van der Waals surface area contributed by atoms with Crippen molar-refractivity contribution in [2.24, 2.45) is 0 Å². The molecular formula is C60H110O6. The third kappa shape index (κ3) is 52.6. The van der Waals surface area contributed by atoms with Crippen molar-refractivity contribution < 1.29 is 28.6 Å². The zero-order valence-corrected chi connectivity index (χ0v) is 44.2. The van der Waals surface area contributed by atoms with Crippen molar-refractivity contribution in [3.8, 4) is 0 Å². The van der Waals surface area contributed by atoms with Gasteiger partial charge in [0.15, 0.2) is 6.10 Å². The lowest BCUT2D eigenvalue weighted by Crippen LogP contribution is -2.30. The Hall–Kier alpha value is -2.37. The molecule has 386 valence electrons. The van der Waals surface area contributed by atoms with Crippen LogP contribution < -0.4 is 0 Å². The molecule has 0 saturated heterocycles. The third-order valence-electron chi connectivity index (χ3n) is 12.9. The van der Waals surface area contributed by atoms with Crippen molar-refractivity contribution in [3.05, 3.63) is 36.5 Å². The molecule has 0 spiro atoms. The van der Waals surface area contributed by atoms with E-state index < -0.39 is 6.10 Å². The normalized spacial score (nSPS) is 12.2. The van der Waals surface area contributed by atoms with Gasteiger partial charge in [-0.1, -0.05) is 276 Å². The number of allylic oxidation sites excluding steroid dienone is 6. The molecule has 0 aromatic heterocycles. The van der Waals surface area contributed by atoms with Gasteiger partial charge < -0.3 is 14.2 Å². The maximum absolute atomic E-state index is 12.8. The van der Waals surface area contributed by atoms with Gasteiger partial charge in [-0.25, -0.2) is 0 Å². The zero-order valence-electron chi connectivity index (χ0n) is 44.2. The second kappa shape index (κ2) is 55.2. The smallest absolute Gasteiger partial charge is 0.306 e. The van der Waals surface area contributed by atoms with Gasteiger partial charge in [-0.3, -0.25) is 14.4 Å². The van der Waals surface area contributed by atoms with Crippen LogP contribution in [0.15, 0.2) is 36.5 Å². The van der Waals surface area contributed by atoms with Crippen LogP contribution in [0.2, 0.25) is 0 Å².